The number of alkyl halides is 6. The second-order valence-electron chi connectivity index (χ2n) is 3.54. The van der Waals surface area contributed by atoms with Crippen molar-refractivity contribution in [3.8, 4) is 0 Å². The number of carboxylic acid groups (broad SMARTS) is 1. The first kappa shape index (κ1) is 17.6. The number of carbonyl (C=O) groups is 1. The van der Waals surface area contributed by atoms with E-state index in [-0.39, 0.29) is 0 Å². The Bertz CT molecular complexity index is 384. The summed E-state index contributed by atoms with van der Waals surface area (Å²) in [5.74, 6) is -20.9. The number of aliphatic carboxylic acids is 1. The summed E-state index contributed by atoms with van der Waals surface area (Å²) in [5.41, 5.74) is -3.34. The molecule has 0 aliphatic rings. The summed E-state index contributed by atoms with van der Waals surface area (Å²) in [6.45, 7) is 0.978. The Kier molecular flexibility index (Phi) is 4.96. The summed E-state index contributed by atoms with van der Waals surface area (Å²) >= 11 is 0. The quantitative estimate of drug-likeness (QED) is 0.596. The van der Waals surface area contributed by atoms with Crippen molar-refractivity contribution in [2.24, 2.45) is 0 Å². The van der Waals surface area contributed by atoms with E-state index >= 15 is 0 Å². The van der Waals surface area contributed by atoms with Crippen LogP contribution in [0.3, 0.4) is 0 Å². The molecule has 0 unspecified atom stereocenters. The Balaban J connectivity index is 5.89. The van der Waals surface area contributed by atoms with Gasteiger partial charge in [0.2, 0.25) is 0 Å². The predicted molar refractivity (Wildman–Crippen MR) is 46.6 cm³/mol. The number of hydrogen-bond acceptors (Lipinski definition) is 1. The van der Waals surface area contributed by atoms with Crippen LogP contribution in [0.5, 0.6) is 0 Å². The fourth-order valence-electron chi connectivity index (χ4n) is 1.19. The van der Waals surface area contributed by atoms with Gasteiger partial charge in [-0.05, 0) is 0 Å². The van der Waals surface area contributed by atoms with Crippen molar-refractivity contribution in [1.29, 1.82) is 0 Å². The summed E-state index contributed by atoms with van der Waals surface area (Å²) in [7, 11) is 0. The zero-order chi connectivity index (χ0) is 15.6. The van der Waals surface area contributed by atoms with E-state index in [0.717, 1.165) is 6.92 Å². The van der Waals surface area contributed by atoms with Crippen molar-refractivity contribution in [3.05, 3.63) is 11.7 Å². The van der Waals surface area contributed by atoms with E-state index < -0.39 is 48.2 Å². The molecule has 0 aromatic carbocycles. The SMILES string of the molecule is CCCC(F)(F)C(F)(F)C(F)(F)C(C(=O)O)=C(F)F. The number of rotatable bonds is 6. The molecule has 0 heterocycles. The van der Waals surface area contributed by atoms with E-state index in [0.29, 0.717) is 0 Å². The molecule has 0 saturated heterocycles. The molecule has 0 aromatic heterocycles. The van der Waals surface area contributed by atoms with Crippen molar-refractivity contribution in [1.82, 2.24) is 0 Å². The molecule has 0 rings (SSSR count). The smallest absolute Gasteiger partial charge is 0.376 e. The largest absolute Gasteiger partial charge is 0.478 e. The molecule has 112 valence electrons. The van der Waals surface area contributed by atoms with E-state index in [4.69, 9.17) is 5.11 Å². The lowest BCUT2D eigenvalue weighted by molar-refractivity contribution is -0.298. The van der Waals surface area contributed by atoms with Crippen molar-refractivity contribution in [2.75, 3.05) is 0 Å². The van der Waals surface area contributed by atoms with Crippen molar-refractivity contribution >= 4 is 5.97 Å². The first-order valence-electron chi connectivity index (χ1n) is 4.75. The molecule has 0 saturated carbocycles. The van der Waals surface area contributed by atoms with Gasteiger partial charge in [-0.15, -0.1) is 0 Å². The van der Waals surface area contributed by atoms with E-state index in [1.54, 1.807) is 0 Å². The molecule has 0 atom stereocenters. The van der Waals surface area contributed by atoms with Gasteiger partial charge in [-0.3, -0.25) is 0 Å². The Morgan fingerprint density at radius 2 is 1.47 bits per heavy atom. The van der Waals surface area contributed by atoms with Crippen LogP contribution >= 0.6 is 0 Å². The highest BCUT2D eigenvalue weighted by Gasteiger charge is 2.74. The third kappa shape index (κ3) is 2.98. The highest BCUT2D eigenvalue weighted by Crippen LogP contribution is 2.51. The van der Waals surface area contributed by atoms with Gasteiger partial charge in [0.1, 0.15) is 0 Å². The summed E-state index contributed by atoms with van der Waals surface area (Å²) in [5, 5.41) is 8.04. The van der Waals surface area contributed by atoms with Gasteiger partial charge in [-0.2, -0.15) is 35.1 Å². The molecule has 0 bridgehead atoms. The van der Waals surface area contributed by atoms with Crippen LogP contribution in [0.1, 0.15) is 19.8 Å². The molecule has 19 heavy (non-hydrogen) atoms. The third-order valence-corrected chi connectivity index (χ3v) is 2.13. The van der Waals surface area contributed by atoms with E-state index in [9.17, 15) is 39.9 Å². The first-order valence-corrected chi connectivity index (χ1v) is 4.75. The Morgan fingerprint density at radius 1 is 1.05 bits per heavy atom. The van der Waals surface area contributed by atoms with Gasteiger partial charge in [0.15, 0.2) is 5.57 Å². The standard InChI is InChI=1S/C9H8F8O2/c1-2-3-7(12,13)9(16,17)8(14,15)4(5(10)11)6(18)19/h2-3H2,1H3,(H,18,19). The molecular formula is C9H8F8O2. The molecule has 0 fully saturated rings. The topological polar surface area (TPSA) is 37.3 Å². The Labute approximate surface area is 101 Å². The zero-order valence-corrected chi connectivity index (χ0v) is 9.29. The minimum Gasteiger partial charge on any atom is -0.478 e. The number of carboxylic acids is 1. The van der Waals surface area contributed by atoms with Gasteiger partial charge in [-0.1, -0.05) is 13.3 Å². The van der Waals surface area contributed by atoms with Crippen molar-refractivity contribution in [3.63, 3.8) is 0 Å². The van der Waals surface area contributed by atoms with Crippen LogP contribution in [-0.2, 0) is 4.79 Å². The lowest BCUT2D eigenvalue weighted by Gasteiger charge is -2.32. The molecule has 0 aromatic rings. The van der Waals surface area contributed by atoms with Gasteiger partial charge in [-0.25, -0.2) is 4.79 Å². The first-order chi connectivity index (χ1) is 8.33. The molecule has 0 spiro atoms. The lowest BCUT2D eigenvalue weighted by Crippen LogP contribution is -2.56. The van der Waals surface area contributed by atoms with E-state index in [1.807, 2.05) is 0 Å². The minimum absolute atomic E-state index is 0.636. The van der Waals surface area contributed by atoms with E-state index in [1.165, 1.54) is 0 Å². The Morgan fingerprint density at radius 3 is 1.74 bits per heavy atom. The van der Waals surface area contributed by atoms with Crippen LogP contribution in [-0.4, -0.2) is 28.8 Å². The van der Waals surface area contributed by atoms with Crippen LogP contribution in [0.2, 0.25) is 0 Å². The Hall–Kier alpha value is -1.35. The van der Waals surface area contributed by atoms with Crippen LogP contribution in [0.25, 0.3) is 0 Å². The molecule has 2 nitrogen and oxygen atoms in total. The summed E-state index contributed by atoms with van der Waals surface area (Å²) in [6.07, 6.45) is -6.01. The normalized spacial score (nSPS) is 13.3. The molecule has 0 aliphatic heterocycles. The van der Waals surface area contributed by atoms with Crippen LogP contribution < -0.4 is 0 Å². The maximum atomic E-state index is 13.0. The minimum atomic E-state index is -6.26. The molecule has 0 amide bonds. The highest BCUT2D eigenvalue weighted by atomic mass is 19.3. The van der Waals surface area contributed by atoms with Crippen molar-refractivity contribution < 1.29 is 45.0 Å². The molecular weight excluding hydrogens is 292 g/mol. The third-order valence-electron chi connectivity index (χ3n) is 2.13. The summed E-state index contributed by atoms with van der Waals surface area (Å²) < 4.78 is 102. The molecule has 10 heteroatoms. The van der Waals surface area contributed by atoms with Crippen LogP contribution in [0, 0.1) is 0 Å². The zero-order valence-electron chi connectivity index (χ0n) is 9.29. The number of hydrogen-bond donors (Lipinski definition) is 1. The summed E-state index contributed by atoms with van der Waals surface area (Å²) in [6, 6.07) is 0. The average Bonchev–Trinajstić information content (AvgIpc) is 2.14. The highest BCUT2D eigenvalue weighted by molar-refractivity contribution is 5.89. The average molecular weight is 300 g/mol. The maximum absolute atomic E-state index is 13.0. The van der Waals surface area contributed by atoms with Crippen LogP contribution in [0.15, 0.2) is 11.7 Å². The van der Waals surface area contributed by atoms with Gasteiger partial charge in [0, 0.05) is 6.42 Å². The molecule has 0 aliphatic carbocycles. The molecule has 1 N–H and O–H groups in total. The van der Waals surface area contributed by atoms with Gasteiger partial charge in [0.25, 0.3) is 6.08 Å². The molecule has 0 radical (unpaired) electrons. The van der Waals surface area contributed by atoms with Gasteiger partial charge < -0.3 is 5.11 Å². The van der Waals surface area contributed by atoms with Crippen molar-refractivity contribution in [2.45, 2.75) is 37.5 Å². The predicted octanol–water partition coefficient (Wildman–Crippen LogP) is 3.93. The maximum Gasteiger partial charge on any atom is 0.376 e. The number of halogens is 8. The van der Waals surface area contributed by atoms with Gasteiger partial charge >= 0.3 is 23.7 Å². The second kappa shape index (κ2) is 5.33. The van der Waals surface area contributed by atoms with E-state index in [2.05, 4.69) is 0 Å². The fraction of sp³-hybridized carbons (Fsp3) is 0.667. The van der Waals surface area contributed by atoms with Crippen LogP contribution in [0.4, 0.5) is 35.1 Å². The fourth-order valence-corrected chi connectivity index (χ4v) is 1.19. The summed E-state index contributed by atoms with van der Waals surface area (Å²) in [4.78, 5) is 10.1. The lowest BCUT2D eigenvalue weighted by atomic mass is 9.95. The second-order valence-corrected chi connectivity index (χ2v) is 3.54. The van der Waals surface area contributed by atoms with Gasteiger partial charge in [0.05, 0.1) is 0 Å². The monoisotopic (exact) mass is 300 g/mol.